The summed E-state index contributed by atoms with van der Waals surface area (Å²) in [5, 5.41) is 10.8. The van der Waals surface area contributed by atoms with Crippen LogP contribution >= 0.6 is 0 Å². The van der Waals surface area contributed by atoms with Crippen molar-refractivity contribution in [2.45, 2.75) is 37.7 Å². The fraction of sp³-hybridized carbons (Fsp3) is 0.353. The van der Waals surface area contributed by atoms with Crippen LogP contribution in [0.15, 0.2) is 42.7 Å². The molecule has 1 fully saturated rings. The molecule has 0 radical (unpaired) electrons. The van der Waals surface area contributed by atoms with Crippen molar-refractivity contribution in [2.24, 2.45) is 0 Å². The van der Waals surface area contributed by atoms with Gasteiger partial charge in [0.15, 0.2) is 0 Å². The summed E-state index contributed by atoms with van der Waals surface area (Å²) in [6.45, 7) is 1.68. The molecular formula is C17H18FNO. The topological polar surface area (TPSA) is 33.1 Å². The van der Waals surface area contributed by atoms with Crippen LogP contribution in [0.25, 0.3) is 0 Å². The van der Waals surface area contributed by atoms with Crippen molar-refractivity contribution in [3.8, 4) is 0 Å². The molecule has 2 aromatic rings. The van der Waals surface area contributed by atoms with Gasteiger partial charge in [0, 0.05) is 11.8 Å². The van der Waals surface area contributed by atoms with E-state index in [2.05, 4.69) is 11.1 Å². The van der Waals surface area contributed by atoms with Crippen molar-refractivity contribution in [3.63, 3.8) is 0 Å². The normalized spacial score (nSPS) is 18.4. The molecule has 1 heterocycles. The highest BCUT2D eigenvalue weighted by Gasteiger charge is 2.28. The molecule has 104 valence electrons. The second-order valence-electron chi connectivity index (χ2n) is 5.72. The molecule has 1 aromatic carbocycles. The number of aliphatic hydroxyl groups is 1. The van der Waals surface area contributed by atoms with Crippen molar-refractivity contribution in [2.75, 3.05) is 0 Å². The molecule has 1 aliphatic rings. The SMILES string of the molecule is CC(O)(c1cncc(F)c1)c1cccc(C2CCC2)c1. The number of hydrogen-bond acceptors (Lipinski definition) is 2. The van der Waals surface area contributed by atoms with Crippen molar-refractivity contribution in [1.29, 1.82) is 0 Å². The summed E-state index contributed by atoms with van der Waals surface area (Å²) < 4.78 is 13.3. The summed E-state index contributed by atoms with van der Waals surface area (Å²) in [7, 11) is 0. The summed E-state index contributed by atoms with van der Waals surface area (Å²) >= 11 is 0. The molecule has 0 spiro atoms. The van der Waals surface area contributed by atoms with Gasteiger partial charge in [-0.2, -0.15) is 0 Å². The van der Waals surface area contributed by atoms with Crippen LogP contribution in [-0.4, -0.2) is 10.1 Å². The van der Waals surface area contributed by atoms with Gasteiger partial charge in [0.25, 0.3) is 0 Å². The Morgan fingerprint density at radius 2 is 2.00 bits per heavy atom. The van der Waals surface area contributed by atoms with Gasteiger partial charge in [-0.3, -0.25) is 4.98 Å². The van der Waals surface area contributed by atoms with Crippen molar-refractivity contribution in [1.82, 2.24) is 4.98 Å². The average molecular weight is 271 g/mol. The zero-order valence-corrected chi connectivity index (χ0v) is 11.5. The van der Waals surface area contributed by atoms with E-state index in [0.29, 0.717) is 11.5 Å². The highest BCUT2D eigenvalue weighted by Crippen LogP contribution is 2.38. The van der Waals surface area contributed by atoms with E-state index >= 15 is 0 Å². The molecule has 1 unspecified atom stereocenters. The molecule has 2 nitrogen and oxygen atoms in total. The molecule has 1 atom stereocenters. The van der Waals surface area contributed by atoms with Crippen LogP contribution in [0.1, 0.15) is 48.8 Å². The Balaban J connectivity index is 1.98. The molecule has 20 heavy (non-hydrogen) atoms. The molecule has 0 saturated heterocycles. The molecule has 0 aliphatic heterocycles. The van der Waals surface area contributed by atoms with E-state index in [4.69, 9.17) is 0 Å². The summed E-state index contributed by atoms with van der Waals surface area (Å²) in [6.07, 6.45) is 6.36. The van der Waals surface area contributed by atoms with Crippen LogP contribution in [0.5, 0.6) is 0 Å². The standard InChI is InChI=1S/C17H18FNO/c1-17(20,15-9-16(18)11-19-10-15)14-7-3-6-13(8-14)12-4-2-5-12/h3,6-12,20H,2,4-5H2,1H3. The van der Waals surface area contributed by atoms with Crippen LogP contribution < -0.4 is 0 Å². The van der Waals surface area contributed by atoms with E-state index in [0.717, 1.165) is 11.8 Å². The first kappa shape index (κ1) is 13.3. The highest BCUT2D eigenvalue weighted by atomic mass is 19.1. The van der Waals surface area contributed by atoms with E-state index < -0.39 is 11.4 Å². The third-order valence-electron chi connectivity index (χ3n) is 4.29. The lowest BCUT2D eigenvalue weighted by Crippen LogP contribution is -2.23. The molecule has 0 bridgehead atoms. The maximum absolute atomic E-state index is 13.3. The highest BCUT2D eigenvalue weighted by molar-refractivity contribution is 5.37. The van der Waals surface area contributed by atoms with Gasteiger partial charge < -0.3 is 5.11 Å². The third kappa shape index (κ3) is 2.34. The van der Waals surface area contributed by atoms with Gasteiger partial charge in [-0.1, -0.05) is 30.7 Å². The van der Waals surface area contributed by atoms with Gasteiger partial charge in [-0.15, -0.1) is 0 Å². The molecule has 0 amide bonds. The Labute approximate surface area is 118 Å². The van der Waals surface area contributed by atoms with E-state index in [1.807, 2.05) is 18.2 Å². The minimum atomic E-state index is -1.23. The summed E-state index contributed by atoms with van der Waals surface area (Å²) in [5.74, 6) is 0.175. The molecule has 1 N–H and O–H groups in total. The Kier molecular flexibility index (Phi) is 3.30. The monoisotopic (exact) mass is 271 g/mol. The second-order valence-corrected chi connectivity index (χ2v) is 5.72. The number of benzene rings is 1. The first-order chi connectivity index (χ1) is 9.57. The van der Waals surface area contributed by atoms with E-state index in [9.17, 15) is 9.50 Å². The maximum atomic E-state index is 13.3. The lowest BCUT2D eigenvalue weighted by molar-refractivity contribution is 0.101. The van der Waals surface area contributed by atoms with E-state index in [1.165, 1.54) is 37.1 Å². The van der Waals surface area contributed by atoms with Gasteiger partial charge in [-0.05, 0) is 42.9 Å². The fourth-order valence-electron chi connectivity index (χ4n) is 2.68. The first-order valence-corrected chi connectivity index (χ1v) is 7.01. The molecule has 1 aromatic heterocycles. The molecule has 3 rings (SSSR count). The van der Waals surface area contributed by atoms with Crippen LogP contribution in [0.4, 0.5) is 4.39 Å². The number of aromatic nitrogens is 1. The summed E-state index contributed by atoms with van der Waals surface area (Å²) in [5.41, 5.74) is 1.30. The van der Waals surface area contributed by atoms with Gasteiger partial charge >= 0.3 is 0 Å². The van der Waals surface area contributed by atoms with E-state index in [-0.39, 0.29) is 0 Å². The average Bonchev–Trinajstić information content (AvgIpc) is 2.37. The number of nitrogens with zero attached hydrogens (tertiary/aromatic N) is 1. The van der Waals surface area contributed by atoms with E-state index in [1.54, 1.807) is 6.92 Å². The fourth-order valence-corrected chi connectivity index (χ4v) is 2.68. The van der Waals surface area contributed by atoms with Gasteiger partial charge in [-0.25, -0.2) is 4.39 Å². The second kappa shape index (κ2) is 4.98. The third-order valence-corrected chi connectivity index (χ3v) is 4.29. The Morgan fingerprint density at radius 1 is 1.20 bits per heavy atom. The lowest BCUT2D eigenvalue weighted by Gasteiger charge is -2.29. The minimum absolute atomic E-state index is 0.432. The first-order valence-electron chi connectivity index (χ1n) is 7.01. The zero-order chi connectivity index (χ0) is 14.2. The van der Waals surface area contributed by atoms with Gasteiger partial charge in [0.05, 0.1) is 6.20 Å². The molecule has 1 saturated carbocycles. The Bertz CT molecular complexity index is 620. The number of hydrogen-bond donors (Lipinski definition) is 1. The largest absolute Gasteiger partial charge is 0.381 e. The van der Waals surface area contributed by atoms with Crippen molar-refractivity contribution in [3.05, 3.63) is 65.2 Å². The zero-order valence-electron chi connectivity index (χ0n) is 11.5. The summed E-state index contributed by atoms with van der Waals surface area (Å²) in [4.78, 5) is 3.83. The van der Waals surface area contributed by atoms with Crippen LogP contribution in [0.3, 0.4) is 0 Å². The van der Waals surface area contributed by atoms with Crippen molar-refractivity contribution < 1.29 is 9.50 Å². The lowest BCUT2D eigenvalue weighted by atomic mass is 9.78. The van der Waals surface area contributed by atoms with Crippen molar-refractivity contribution >= 4 is 0 Å². The molecule has 3 heteroatoms. The van der Waals surface area contributed by atoms with Gasteiger partial charge in [0.1, 0.15) is 11.4 Å². The molecular weight excluding hydrogens is 253 g/mol. The van der Waals surface area contributed by atoms with Gasteiger partial charge in [0.2, 0.25) is 0 Å². The maximum Gasteiger partial charge on any atom is 0.141 e. The predicted molar refractivity (Wildman–Crippen MR) is 75.9 cm³/mol. The predicted octanol–water partition coefficient (Wildman–Crippen LogP) is 3.74. The Morgan fingerprint density at radius 3 is 2.65 bits per heavy atom. The Hall–Kier alpha value is -1.74. The summed E-state index contributed by atoms with van der Waals surface area (Å²) in [6, 6.07) is 9.32. The quantitative estimate of drug-likeness (QED) is 0.922. The van der Waals surface area contributed by atoms with Crippen LogP contribution in [0, 0.1) is 5.82 Å². The number of pyridine rings is 1. The molecule has 1 aliphatic carbocycles. The van der Waals surface area contributed by atoms with Crippen LogP contribution in [-0.2, 0) is 5.60 Å². The number of rotatable bonds is 3. The van der Waals surface area contributed by atoms with Crippen LogP contribution in [0.2, 0.25) is 0 Å². The minimum Gasteiger partial charge on any atom is -0.381 e. The smallest absolute Gasteiger partial charge is 0.141 e. The number of halogens is 1.